The number of hydrogen-bond acceptors (Lipinski definition) is 5. The number of Topliss-reactive ketones (excluding diaryl/α,β-unsaturated/α-hetero) is 1. The molecule has 0 saturated carbocycles. The molecular formula is C18H17ClN4O. The van der Waals surface area contributed by atoms with Crippen LogP contribution in [0.15, 0.2) is 54.0 Å². The molecule has 0 aliphatic heterocycles. The number of hydrogen-bond donors (Lipinski definition) is 1. The van der Waals surface area contributed by atoms with Gasteiger partial charge in [-0.05, 0) is 43.2 Å². The molecule has 0 radical (unpaired) electrons. The number of rotatable bonds is 7. The number of aromatic nitrogens is 2. The highest BCUT2D eigenvalue weighted by Crippen LogP contribution is 2.19. The lowest BCUT2D eigenvalue weighted by Crippen LogP contribution is -2.12. The third-order valence-electron chi connectivity index (χ3n) is 3.36. The topological polar surface area (TPSA) is 78.7 Å². The van der Waals surface area contributed by atoms with Crippen molar-refractivity contribution >= 4 is 23.3 Å². The molecule has 0 spiro atoms. The molecule has 1 aromatic heterocycles. The minimum Gasteiger partial charge on any atom is -0.326 e. The third kappa shape index (κ3) is 4.64. The van der Waals surface area contributed by atoms with Gasteiger partial charge in [0.1, 0.15) is 11.6 Å². The summed E-state index contributed by atoms with van der Waals surface area (Å²) < 4.78 is 0. The summed E-state index contributed by atoms with van der Waals surface area (Å²) >= 11 is 5.85. The number of nitrogens with zero attached hydrogens (tertiary/aromatic N) is 3. The molecule has 0 unspecified atom stereocenters. The van der Waals surface area contributed by atoms with E-state index in [9.17, 15) is 10.1 Å². The Balaban J connectivity index is 2.38. The number of ketones is 1. The van der Waals surface area contributed by atoms with E-state index in [0.29, 0.717) is 28.7 Å². The predicted molar refractivity (Wildman–Crippen MR) is 93.6 cm³/mol. The zero-order chi connectivity index (χ0) is 17.4. The van der Waals surface area contributed by atoms with Crippen LogP contribution in [0.25, 0.3) is 0 Å². The molecule has 0 aliphatic rings. The molecule has 1 heterocycles. The fraction of sp³-hybridized carbons (Fsp3) is 0.222. The number of allylic oxidation sites excluding steroid dienone is 2. The zero-order valence-corrected chi connectivity index (χ0v) is 14.0. The van der Waals surface area contributed by atoms with Crippen molar-refractivity contribution in [3.05, 3.63) is 64.6 Å². The summed E-state index contributed by atoms with van der Waals surface area (Å²) in [5, 5.41) is 13.1. The average Bonchev–Trinajstić information content (AvgIpc) is 2.61. The monoisotopic (exact) mass is 340 g/mol. The molecule has 5 nitrogen and oxygen atoms in total. The van der Waals surface area contributed by atoms with E-state index in [4.69, 9.17) is 11.6 Å². The lowest BCUT2D eigenvalue weighted by atomic mass is 10.0. The van der Waals surface area contributed by atoms with Gasteiger partial charge in [-0.2, -0.15) is 5.26 Å². The molecule has 122 valence electrons. The van der Waals surface area contributed by atoms with Gasteiger partial charge in [0.2, 0.25) is 11.7 Å². The summed E-state index contributed by atoms with van der Waals surface area (Å²) in [5.41, 5.74) is 1.02. The van der Waals surface area contributed by atoms with Crippen LogP contribution in [-0.4, -0.2) is 15.8 Å². The number of carbonyl (C=O) groups is 1. The summed E-state index contributed by atoms with van der Waals surface area (Å²) in [5.74, 6) is 0.0176. The van der Waals surface area contributed by atoms with Gasteiger partial charge in [-0.3, -0.25) is 4.79 Å². The minimum atomic E-state index is -0.344. The van der Waals surface area contributed by atoms with Gasteiger partial charge in [-0.15, -0.1) is 0 Å². The largest absolute Gasteiger partial charge is 0.326 e. The Hall–Kier alpha value is -2.71. The van der Waals surface area contributed by atoms with Crippen LogP contribution in [0.3, 0.4) is 0 Å². The first-order valence-electron chi connectivity index (χ1n) is 7.63. The minimum absolute atomic E-state index is 0.0678. The Morgan fingerprint density at radius 1 is 1.25 bits per heavy atom. The van der Waals surface area contributed by atoms with Crippen LogP contribution < -0.4 is 5.32 Å². The van der Waals surface area contributed by atoms with E-state index in [0.717, 1.165) is 12.8 Å². The molecule has 0 amide bonds. The normalized spacial score (nSPS) is 11.4. The van der Waals surface area contributed by atoms with Crippen molar-refractivity contribution in [3.63, 3.8) is 0 Å². The number of nitriles is 1. The third-order valence-corrected chi connectivity index (χ3v) is 3.61. The fourth-order valence-electron chi connectivity index (χ4n) is 2.10. The highest BCUT2D eigenvalue weighted by molar-refractivity contribution is 6.30. The molecule has 24 heavy (non-hydrogen) atoms. The summed E-state index contributed by atoms with van der Waals surface area (Å²) in [6, 6.07) is 10.2. The molecule has 2 rings (SSSR count). The molecular weight excluding hydrogens is 324 g/mol. The van der Waals surface area contributed by atoms with Gasteiger partial charge in [0, 0.05) is 28.7 Å². The Bertz CT molecular complexity index is 764. The van der Waals surface area contributed by atoms with E-state index in [1.165, 1.54) is 0 Å². The molecule has 0 fully saturated rings. The smallest absolute Gasteiger partial charge is 0.226 e. The maximum atomic E-state index is 12.7. The van der Waals surface area contributed by atoms with Crippen molar-refractivity contribution in [2.75, 3.05) is 5.32 Å². The summed E-state index contributed by atoms with van der Waals surface area (Å²) in [4.78, 5) is 20.9. The van der Waals surface area contributed by atoms with Crippen LogP contribution in [0.1, 0.15) is 36.5 Å². The van der Waals surface area contributed by atoms with Gasteiger partial charge in [0.05, 0.1) is 0 Å². The molecule has 0 atom stereocenters. The lowest BCUT2D eigenvalue weighted by Gasteiger charge is -2.11. The maximum absolute atomic E-state index is 12.7. The molecule has 2 aromatic rings. The number of halogens is 1. The first-order chi connectivity index (χ1) is 11.7. The van der Waals surface area contributed by atoms with Crippen LogP contribution >= 0.6 is 11.6 Å². The summed E-state index contributed by atoms with van der Waals surface area (Å²) in [6.07, 6.45) is 5.54. The van der Waals surface area contributed by atoms with Crippen LogP contribution in [-0.2, 0) is 0 Å². The van der Waals surface area contributed by atoms with Crippen LogP contribution in [0.5, 0.6) is 0 Å². The first-order valence-corrected chi connectivity index (χ1v) is 8.01. The van der Waals surface area contributed by atoms with E-state index >= 15 is 0 Å². The number of benzene rings is 1. The number of carbonyl (C=O) groups excluding carboxylic acids is 1. The Labute approximate surface area is 146 Å². The van der Waals surface area contributed by atoms with Crippen LogP contribution in [0, 0.1) is 11.3 Å². The van der Waals surface area contributed by atoms with Crippen LogP contribution in [0.2, 0.25) is 5.02 Å². The molecule has 0 bridgehead atoms. The Kier molecular flexibility index (Phi) is 6.47. The lowest BCUT2D eigenvalue weighted by molar-refractivity contribution is 0.103. The van der Waals surface area contributed by atoms with Crippen molar-refractivity contribution in [2.45, 2.75) is 26.2 Å². The van der Waals surface area contributed by atoms with E-state index in [1.807, 2.05) is 13.0 Å². The highest BCUT2D eigenvalue weighted by Gasteiger charge is 2.18. The van der Waals surface area contributed by atoms with Crippen molar-refractivity contribution in [1.82, 2.24) is 9.97 Å². The second-order valence-corrected chi connectivity index (χ2v) is 5.54. The quantitative estimate of drug-likeness (QED) is 0.459. The van der Waals surface area contributed by atoms with E-state index in [-0.39, 0.29) is 11.4 Å². The second-order valence-electron chi connectivity index (χ2n) is 5.10. The van der Waals surface area contributed by atoms with Crippen molar-refractivity contribution in [1.29, 1.82) is 5.26 Å². The van der Waals surface area contributed by atoms with E-state index in [2.05, 4.69) is 15.3 Å². The molecule has 0 saturated heterocycles. The van der Waals surface area contributed by atoms with Gasteiger partial charge in [0.25, 0.3) is 0 Å². The number of nitrogens with one attached hydrogen (secondary N) is 1. The average molecular weight is 341 g/mol. The van der Waals surface area contributed by atoms with Gasteiger partial charge < -0.3 is 5.32 Å². The Morgan fingerprint density at radius 3 is 2.50 bits per heavy atom. The van der Waals surface area contributed by atoms with Gasteiger partial charge in [0.15, 0.2) is 0 Å². The van der Waals surface area contributed by atoms with Gasteiger partial charge in [-0.25, -0.2) is 9.97 Å². The molecule has 1 N–H and O–H groups in total. The predicted octanol–water partition coefficient (Wildman–Crippen LogP) is 4.39. The number of anilines is 1. The molecule has 6 heteroatoms. The van der Waals surface area contributed by atoms with Crippen LogP contribution in [0.4, 0.5) is 5.95 Å². The van der Waals surface area contributed by atoms with Crippen molar-refractivity contribution in [3.8, 4) is 6.07 Å². The van der Waals surface area contributed by atoms with Gasteiger partial charge >= 0.3 is 0 Å². The Morgan fingerprint density at radius 2 is 1.92 bits per heavy atom. The summed E-state index contributed by atoms with van der Waals surface area (Å²) in [6.45, 7) is 2.05. The highest BCUT2D eigenvalue weighted by atomic mass is 35.5. The second kappa shape index (κ2) is 8.80. The fourth-order valence-corrected chi connectivity index (χ4v) is 2.23. The summed E-state index contributed by atoms with van der Waals surface area (Å²) in [7, 11) is 0. The van der Waals surface area contributed by atoms with E-state index in [1.54, 1.807) is 42.7 Å². The van der Waals surface area contributed by atoms with Gasteiger partial charge in [-0.1, -0.05) is 24.9 Å². The zero-order valence-electron chi connectivity index (χ0n) is 13.3. The van der Waals surface area contributed by atoms with Crippen molar-refractivity contribution < 1.29 is 4.79 Å². The first kappa shape index (κ1) is 17.6. The molecule has 1 aromatic carbocycles. The maximum Gasteiger partial charge on any atom is 0.226 e. The molecule has 0 aliphatic carbocycles. The SMILES string of the molecule is CCCC/C(Nc1ncccn1)=C(/C#N)C(=O)c1ccc(Cl)cc1. The standard InChI is InChI=1S/C18H17ClN4O/c1-2-3-5-16(23-18-21-10-4-11-22-18)15(12-20)17(24)13-6-8-14(19)9-7-13/h4,6-11H,2-3,5H2,1H3,(H,21,22,23)/b16-15+. The van der Waals surface area contributed by atoms with E-state index < -0.39 is 0 Å². The van der Waals surface area contributed by atoms with Crippen molar-refractivity contribution in [2.24, 2.45) is 0 Å². The number of unbranched alkanes of at least 4 members (excludes halogenated alkanes) is 1.